The topological polar surface area (TPSA) is 61.4 Å². The molecule has 2 aliphatic heterocycles. The normalized spacial score (nSPS) is 17.9. The zero-order valence-corrected chi connectivity index (χ0v) is 17.9. The molecular formula is C26H24FN3O2. The molecular weight excluding hydrogens is 405 g/mol. The van der Waals surface area contributed by atoms with Crippen LogP contribution in [-0.2, 0) is 17.9 Å². The number of hydrogen-bond donors (Lipinski definition) is 2. The number of aryl methyl sites for hydroxylation is 1. The number of halogens is 1. The van der Waals surface area contributed by atoms with Crippen LogP contribution < -0.4 is 15.5 Å². The first-order valence-electron chi connectivity index (χ1n) is 10.8. The minimum atomic E-state index is -0.260. The Kier molecular flexibility index (Phi) is 5.02. The number of nitrogens with one attached hydrogen (secondary N) is 2. The summed E-state index contributed by atoms with van der Waals surface area (Å²) in [5.41, 5.74) is 4.76. The molecule has 6 heteroatoms. The van der Waals surface area contributed by atoms with Gasteiger partial charge in [0.2, 0.25) is 5.91 Å². The molecule has 0 aromatic heterocycles. The highest BCUT2D eigenvalue weighted by atomic mass is 19.1. The van der Waals surface area contributed by atoms with Crippen molar-refractivity contribution in [3.8, 4) is 0 Å². The van der Waals surface area contributed by atoms with Crippen LogP contribution in [0.25, 0.3) is 10.8 Å². The number of piperidine rings is 1. The standard InChI is InChI=1S/C26H24FN3O2/c1-15-6-9-21(27)18(12-15)14-28-13-17-7-8-20-25-19(17)4-3-5-23(25)30(26(20)32)22-10-11-24(31)29-16(22)2/h3-9,12,22,28H,2,10-11,13-14H2,1H3,(H,29,31). The van der Waals surface area contributed by atoms with Crippen molar-refractivity contribution in [2.24, 2.45) is 0 Å². The minimum Gasteiger partial charge on any atom is -0.328 e. The maximum absolute atomic E-state index is 14.1. The lowest BCUT2D eigenvalue weighted by Gasteiger charge is -2.33. The number of amides is 2. The molecule has 0 saturated carbocycles. The summed E-state index contributed by atoms with van der Waals surface area (Å²) in [7, 11) is 0. The molecule has 5 rings (SSSR count). The van der Waals surface area contributed by atoms with E-state index >= 15 is 0 Å². The van der Waals surface area contributed by atoms with Gasteiger partial charge < -0.3 is 10.6 Å². The maximum Gasteiger partial charge on any atom is 0.259 e. The van der Waals surface area contributed by atoms with E-state index in [9.17, 15) is 14.0 Å². The molecule has 1 saturated heterocycles. The lowest BCUT2D eigenvalue weighted by atomic mass is 9.99. The van der Waals surface area contributed by atoms with E-state index in [0.29, 0.717) is 42.8 Å². The summed E-state index contributed by atoms with van der Waals surface area (Å²) in [6, 6.07) is 14.6. The van der Waals surface area contributed by atoms with Gasteiger partial charge in [0.15, 0.2) is 0 Å². The van der Waals surface area contributed by atoms with E-state index in [-0.39, 0.29) is 23.7 Å². The lowest BCUT2D eigenvalue weighted by molar-refractivity contribution is -0.121. The fraction of sp³-hybridized carbons (Fsp3) is 0.231. The van der Waals surface area contributed by atoms with E-state index in [0.717, 1.165) is 27.6 Å². The Hall–Kier alpha value is -3.51. The summed E-state index contributed by atoms with van der Waals surface area (Å²) < 4.78 is 14.1. The van der Waals surface area contributed by atoms with E-state index in [1.54, 1.807) is 11.0 Å². The van der Waals surface area contributed by atoms with Gasteiger partial charge in [-0.2, -0.15) is 0 Å². The van der Waals surface area contributed by atoms with Gasteiger partial charge >= 0.3 is 0 Å². The second-order valence-corrected chi connectivity index (χ2v) is 8.47. The smallest absolute Gasteiger partial charge is 0.259 e. The van der Waals surface area contributed by atoms with Gasteiger partial charge in [0, 0.05) is 41.7 Å². The second-order valence-electron chi connectivity index (χ2n) is 8.47. The van der Waals surface area contributed by atoms with Gasteiger partial charge in [-0.05, 0) is 42.5 Å². The first kappa shape index (κ1) is 20.4. The summed E-state index contributed by atoms with van der Waals surface area (Å²) in [5, 5.41) is 8.03. The van der Waals surface area contributed by atoms with Crippen molar-refractivity contribution in [2.75, 3.05) is 4.90 Å². The molecule has 2 heterocycles. The van der Waals surface area contributed by atoms with Crippen LogP contribution in [0.2, 0.25) is 0 Å². The van der Waals surface area contributed by atoms with Gasteiger partial charge in [-0.25, -0.2) is 4.39 Å². The predicted octanol–water partition coefficient (Wildman–Crippen LogP) is 4.33. The van der Waals surface area contributed by atoms with E-state index < -0.39 is 0 Å². The van der Waals surface area contributed by atoms with Crippen LogP contribution >= 0.6 is 0 Å². The van der Waals surface area contributed by atoms with E-state index in [4.69, 9.17) is 0 Å². The number of carbonyl (C=O) groups is 2. The van der Waals surface area contributed by atoms with Crippen molar-refractivity contribution in [2.45, 2.75) is 38.9 Å². The van der Waals surface area contributed by atoms with Gasteiger partial charge in [-0.3, -0.25) is 14.5 Å². The van der Waals surface area contributed by atoms with Crippen molar-refractivity contribution in [3.05, 3.63) is 88.9 Å². The average molecular weight is 429 g/mol. The Balaban J connectivity index is 1.44. The molecule has 32 heavy (non-hydrogen) atoms. The first-order valence-corrected chi connectivity index (χ1v) is 10.8. The zero-order valence-electron chi connectivity index (χ0n) is 17.9. The highest BCUT2D eigenvalue weighted by molar-refractivity contribution is 6.26. The highest BCUT2D eigenvalue weighted by Gasteiger charge is 2.38. The number of rotatable bonds is 5. The van der Waals surface area contributed by atoms with Crippen LogP contribution in [0, 0.1) is 12.7 Å². The largest absolute Gasteiger partial charge is 0.328 e. The Morgan fingerprint density at radius 2 is 1.94 bits per heavy atom. The molecule has 5 nitrogen and oxygen atoms in total. The Morgan fingerprint density at radius 1 is 1.12 bits per heavy atom. The van der Waals surface area contributed by atoms with Crippen molar-refractivity contribution in [1.29, 1.82) is 0 Å². The van der Waals surface area contributed by atoms with E-state index in [2.05, 4.69) is 17.2 Å². The third-order valence-electron chi connectivity index (χ3n) is 6.31. The molecule has 0 spiro atoms. The van der Waals surface area contributed by atoms with Crippen molar-refractivity contribution in [3.63, 3.8) is 0 Å². The summed E-state index contributed by atoms with van der Waals surface area (Å²) in [6.07, 6.45) is 0.918. The Labute approximate surface area is 185 Å². The van der Waals surface area contributed by atoms with Gasteiger partial charge in [0.1, 0.15) is 5.82 Å². The summed E-state index contributed by atoms with van der Waals surface area (Å²) >= 11 is 0. The molecule has 2 amide bonds. The van der Waals surface area contributed by atoms with Crippen molar-refractivity contribution >= 4 is 28.3 Å². The second kappa shape index (κ2) is 7.88. The molecule has 1 fully saturated rings. The third-order valence-corrected chi connectivity index (χ3v) is 6.31. The van der Waals surface area contributed by atoms with Crippen molar-refractivity contribution < 1.29 is 14.0 Å². The minimum absolute atomic E-state index is 0.0629. The molecule has 1 atom stereocenters. The number of nitrogens with zero attached hydrogens (tertiary/aromatic N) is 1. The quantitative estimate of drug-likeness (QED) is 0.635. The van der Waals surface area contributed by atoms with Crippen LogP contribution in [0.5, 0.6) is 0 Å². The SMILES string of the molecule is C=C1NC(=O)CCC1N1C(=O)c2ccc(CNCc3cc(C)ccc3F)c3cccc1c23. The fourth-order valence-electron chi connectivity index (χ4n) is 4.75. The van der Waals surface area contributed by atoms with Gasteiger partial charge in [0.25, 0.3) is 5.91 Å². The number of hydrogen-bond acceptors (Lipinski definition) is 3. The van der Waals surface area contributed by atoms with Gasteiger partial charge in [-0.15, -0.1) is 0 Å². The molecule has 0 radical (unpaired) electrons. The lowest BCUT2D eigenvalue weighted by Crippen LogP contribution is -2.47. The van der Waals surface area contributed by atoms with Crippen molar-refractivity contribution in [1.82, 2.24) is 10.6 Å². The molecule has 2 aliphatic rings. The van der Waals surface area contributed by atoms with Gasteiger partial charge in [0.05, 0.1) is 11.7 Å². The molecule has 0 aliphatic carbocycles. The van der Waals surface area contributed by atoms with Crippen LogP contribution in [0.1, 0.15) is 39.9 Å². The monoisotopic (exact) mass is 429 g/mol. The Morgan fingerprint density at radius 3 is 2.75 bits per heavy atom. The average Bonchev–Trinajstić information content (AvgIpc) is 3.05. The first-order chi connectivity index (χ1) is 15.4. The summed E-state index contributed by atoms with van der Waals surface area (Å²) in [6.45, 7) is 6.90. The molecule has 1 unspecified atom stereocenters. The highest BCUT2D eigenvalue weighted by Crippen LogP contribution is 2.41. The van der Waals surface area contributed by atoms with Crippen LogP contribution in [0.15, 0.2) is 60.8 Å². The van der Waals surface area contributed by atoms with E-state index in [1.807, 2.05) is 43.3 Å². The number of carbonyl (C=O) groups excluding carboxylic acids is 2. The van der Waals surface area contributed by atoms with Crippen LogP contribution in [-0.4, -0.2) is 17.9 Å². The van der Waals surface area contributed by atoms with Crippen LogP contribution in [0.3, 0.4) is 0 Å². The molecule has 3 aromatic rings. The van der Waals surface area contributed by atoms with Crippen LogP contribution in [0.4, 0.5) is 10.1 Å². The number of anilines is 1. The molecule has 162 valence electrons. The molecule has 2 N–H and O–H groups in total. The fourth-order valence-corrected chi connectivity index (χ4v) is 4.75. The molecule has 0 bridgehead atoms. The predicted molar refractivity (Wildman–Crippen MR) is 123 cm³/mol. The summed E-state index contributed by atoms with van der Waals surface area (Å²) in [5.74, 6) is -0.351. The Bertz CT molecular complexity index is 1280. The maximum atomic E-state index is 14.1. The summed E-state index contributed by atoms with van der Waals surface area (Å²) in [4.78, 5) is 26.8. The third kappa shape index (κ3) is 3.37. The van der Waals surface area contributed by atoms with Gasteiger partial charge in [-0.1, -0.05) is 42.5 Å². The number of benzene rings is 3. The zero-order chi connectivity index (χ0) is 22.4. The van der Waals surface area contributed by atoms with E-state index in [1.165, 1.54) is 6.07 Å². The molecule has 3 aromatic carbocycles.